The van der Waals surface area contributed by atoms with E-state index in [0.29, 0.717) is 11.3 Å². The maximum Gasteiger partial charge on any atom is 0.429 e. The van der Waals surface area contributed by atoms with Crippen molar-refractivity contribution in [3.05, 3.63) is 59.4 Å². The normalized spacial score (nSPS) is 23.6. The predicted octanol–water partition coefficient (Wildman–Crippen LogP) is 4.80. The van der Waals surface area contributed by atoms with Crippen LogP contribution < -0.4 is 10.6 Å². The molecule has 0 saturated heterocycles. The van der Waals surface area contributed by atoms with Crippen molar-refractivity contribution < 1.29 is 18.0 Å². The largest absolute Gasteiger partial charge is 0.429 e. The SMILES string of the molecule is Cc1cc(C(=O)NC2CCC(NC3CC(C(F)(F)F)=Nc4ccccc43)CC2)ccn1. The number of fused-ring (bicyclic) bond motifs is 1. The zero-order chi connectivity index (χ0) is 22.0. The van der Waals surface area contributed by atoms with Crippen LogP contribution in [0.4, 0.5) is 18.9 Å². The predicted molar refractivity (Wildman–Crippen MR) is 113 cm³/mol. The number of aliphatic imine (C=N–C) groups is 1. The van der Waals surface area contributed by atoms with Gasteiger partial charge in [0, 0.05) is 42.0 Å². The summed E-state index contributed by atoms with van der Waals surface area (Å²) in [4.78, 5) is 20.4. The molecule has 0 radical (unpaired) electrons. The van der Waals surface area contributed by atoms with Crippen LogP contribution in [0, 0.1) is 6.92 Å². The van der Waals surface area contributed by atoms with Gasteiger partial charge < -0.3 is 10.6 Å². The van der Waals surface area contributed by atoms with E-state index in [4.69, 9.17) is 0 Å². The van der Waals surface area contributed by atoms with E-state index in [9.17, 15) is 18.0 Å². The molecule has 1 atom stereocenters. The molecule has 1 saturated carbocycles. The number of rotatable bonds is 4. The first kappa shape index (κ1) is 21.5. The number of amides is 1. The fraction of sp³-hybridized carbons (Fsp3) is 0.435. The third-order valence-corrected chi connectivity index (χ3v) is 5.95. The number of carbonyl (C=O) groups is 1. The first-order chi connectivity index (χ1) is 14.8. The van der Waals surface area contributed by atoms with Gasteiger partial charge in [0.1, 0.15) is 5.71 Å². The molecule has 2 heterocycles. The standard InChI is InChI=1S/C23H25F3N4O/c1-14-12-15(10-11-27-14)22(31)29-17-8-6-16(7-9-17)28-20-13-21(23(24,25)26)30-19-5-3-2-4-18(19)20/h2-5,10-12,16-17,20,28H,6-9,13H2,1H3,(H,29,31). The molecule has 5 nitrogen and oxygen atoms in total. The molecule has 164 valence electrons. The third-order valence-electron chi connectivity index (χ3n) is 5.95. The van der Waals surface area contributed by atoms with Gasteiger partial charge in [-0.3, -0.25) is 9.78 Å². The highest BCUT2D eigenvalue weighted by Crippen LogP contribution is 2.38. The Morgan fingerprint density at radius 1 is 1.06 bits per heavy atom. The molecule has 8 heteroatoms. The Morgan fingerprint density at radius 3 is 2.48 bits per heavy atom. The molecule has 4 rings (SSSR count). The number of aryl methyl sites for hydroxylation is 1. The average molecular weight is 430 g/mol. The van der Waals surface area contributed by atoms with Gasteiger partial charge >= 0.3 is 6.18 Å². The molecule has 0 spiro atoms. The van der Waals surface area contributed by atoms with Gasteiger partial charge in [0.15, 0.2) is 0 Å². The van der Waals surface area contributed by atoms with E-state index in [1.807, 2.05) is 19.1 Å². The monoisotopic (exact) mass is 430 g/mol. The molecular formula is C23H25F3N4O. The number of halogens is 3. The van der Waals surface area contributed by atoms with E-state index in [1.54, 1.807) is 30.5 Å². The van der Waals surface area contributed by atoms with Crippen LogP contribution in [-0.4, -0.2) is 34.9 Å². The zero-order valence-electron chi connectivity index (χ0n) is 17.2. The van der Waals surface area contributed by atoms with Crippen molar-refractivity contribution in [2.75, 3.05) is 0 Å². The number of carbonyl (C=O) groups excluding carboxylic acids is 1. The Labute approximate surface area is 179 Å². The lowest BCUT2D eigenvalue weighted by molar-refractivity contribution is -0.0611. The smallest absolute Gasteiger partial charge is 0.349 e. The van der Waals surface area contributed by atoms with Gasteiger partial charge in [0.05, 0.1) is 5.69 Å². The van der Waals surface area contributed by atoms with E-state index < -0.39 is 17.9 Å². The van der Waals surface area contributed by atoms with Gasteiger partial charge in [-0.15, -0.1) is 0 Å². The minimum atomic E-state index is -4.43. The Balaban J connectivity index is 1.35. The second-order valence-corrected chi connectivity index (χ2v) is 8.25. The van der Waals surface area contributed by atoms with Gasteiger partial charge in [-0.1, -0.05) is 18.2 Å². The number of benzene rings is 1. The van der Waals surface area contributed by atoms with Crippen molar-refractivity contribution in [1.29, 1.82) is 0 Å². The number of pyridine rings is 1. The van der Waals surface area contributed by atoms with Crippen molar-refractivity contribution >= 4 is 17.3 Å². The lowest BCUT2D eigenvalue weighted by Crippen LogP contribution is -2.44. The van der Waals surface area contributed by atoms with E-state index in [1.165, 1.54) is 0 Å². The summed E-state index contributed by atoms with van der Waals surface area (Å²) in [5.74, 6) is -0.117. The molecule has 1 amide bonds. The minimum absolute atomic E-state index is 0.0602. The molecule has 2 aromatic rings. The second kappa shape index (κ2) is 8.78. The van der Waals surface area contributed by atoms with Crippen molar-refractivity contribution in [2.24, 2.45) is 4.99 Å². The van der Waals surface area contributed by atoms with Crippen LogP contribution in [0.5, 0.6) is 0 Å². The molecule has 0 bridgehead atoms. The van der Waals surface area contributed by atoms with Crippen LogP contribution in [0.2, 0.25) is 0 Å². The Bertz CT molecular complexity index is 981. The summed E-state index contributed by atoms with van der Waals surface area (Å²) in [5.41, 5.74) is 1.82. The number of hydrogen-bond donors (Lipinski definition) is 2. The first-order valence-electron chi connectivity index (χ1n) is 10.5. The first-order valence-corrected chi connectivity index (χ1v) is 10.5. The molecule has 1 aromatic carbocycles. The maximum absolute atomic E-state index is 13.3. The van der Waals surface area contributed by atoms with Crippen LogP contribution in [-0.2, 0) is 0 Å². The Morgan fingerprint density at radius 2 is 1.77 bits per heavy atom. The van der Waals surface area contributed by atoms with Gasteiger partial charge in [0.25, 0.3) is 5.91 Å². The molecular weight excluding hydrogens is 405 g/mol. The zero-order valence-corrected chi connectivity index (χ0v) is 17.2. The fourth-order valence-electron chi connectivity index (χ4n) is 4.35. The van der Waals surface area contributed by atoms with Crippen LogP contribution >= 0.6 is 0 Å². The lowest BCUT2D eigenvalue weighted by Gasteiger charge is -2.34. The van der Waals surface area contributed by atoms with E-state index in [0.717, 1.165) is 36.9 Å². The molecule has 1 fully saturated rings. The van der Waals surface area contributed by atoms with Crippen LogP contribution in [0.15, 0.2) is 47.6 Å². The second-order valence-electron chi connectivity index (χ2n) is 8.25. The molecule has 31 heavy (non-hydrogen) atoms. The van der Waals surface area contributed by atoms with Gasteiger partial charge in [-0.2, -0.15) is 13.2 Å². The molecule has 1 unspecified atom stereocenters. The summed E-state index contributed by atoms with van der Waals surface area (Å²) in [6, 6.07) is 10.2. The summed E-state index contributed by atoms with van der Waals surface area (Å²) >= 11 is 0. The number of aromatic nitrogens is 1. The highest BCUT2D eigenvalue weighted by atomic mass is 19.4. The molecule has 1 aliphatic heterocycles. The quantitative estimate of drug-likeness (QED) is 0.732. The summed E-state index contributed by atoms with van der Waals surface area (Å²) < 4.78 is 40.0. The summed E-state index contributed by atoms with van der Waals surface area (Å²) in [5, 5.41) is 6.49. The number of nitrogens with one attached hydrogen (secondary N) is 2. The van der Waals surface area contributed by atoms with Crippen LogP contribution in [0.25, 0.3) is 0 Å². The molecule has 2 N–H and O–H groups in total. The summed E-state index contributed by atoms with van der Waals surface area (Å²) in [6.07, 6.45) is 0.157. The third kappa shape index (κ3) is 5.12. The molecule has 1 aromatic heterocycles. The van der Waals surface area contributed by atoms with E-state index in [-0.39, 0.29) is 24.4 Å². The number of para-hydroxylation sites is 1. The average Bonchev–Trinajstić information content (AvgIpc) is 2.74. The van der Waals surface area contributed by atoms with Crippen molar-refractivity contribution in [2.45, 2.75) is 63.3 Å². The lowest BCUT2D eigenvalue weighted by atomic mass is 9.88. The number of nitrogens with zero attached hydrogens (tertiary/aromatic N) is 2. The van der Waals surface area contributed by atoms with E-state index >= 15 is 0 Å². The highest BCUT2D eigenvalue weighted by molar-refractivity contribution is 5.95. The Kier molecular flexibility index (Phi) is 6.09. The van der Waals surface area contributed by atoms with Crippen molar-refractivity contribution in [3.63, 3.8) is 0 Å². The van der Waals surface area contributed by atoms with Gasteiger partial charge in [-0.05, 0) is 56.4 Å². The van der Waals surface area contributed by atoms with Crippen LogP contribution in [0.1, 0.15) is 59.8 Å². The topological polar surface area (TPSA) is 66.4 Å². The maximum atomic E-state index is 13.3. The summed E-state index contributed by atoms with van der Waals surface area (Å²) in [6.45, 7) is 1.84. The van der Waals surface area contributed by atoms with Crippen LogP contribution in [0.3, 0.4) is 0 Å². The molecule has 1 aliphatic carbocycles. The summed E-state index contributed by atoms with van der Waals surface area (Å²) in [7, 11) is 0. The minimum Gasteiger partial charge on any atom is -0.349 e. The van der Waals surface area contributed by atoms with E-state index in [2.05, 4.69) is 20.6 Å². The Hall–Kier alpha value is -2.74. The van der Waals surface area contributed by atoms with Gasteiger partial charge in [0.2, 0.25) is 0 Å². The highest BCUT2D eigenvalue weighted by Gasteiger charge is 2.40. The van der Waals surface area contributed by atoms with Crippen molar-refractivity contribution in [3.8, 4) is 0 Å². The number of hydrogen-bond acceptors (Lipinski definition) is 4. The van der Waals surface area contributed by atoms with Crippen molar-refractivity contribution in [1.82, 2.24) is 15.6 Å². The number of alkyl halides is 3. The fourth-order valence-corrected chi connectivity index (χ4v) is 4.35. The molecule has 2 aliphatic rings. The van der Waals surface area contributed by atoms with Gasteiger partial charge in [-0.25, -0.2) is 4.99 Å².